The van der Waals surface area contributed by atoms with Gasteiger partial charge in [0.2, 0.25) is 6.79 Å². The van der Waals surface area contributed by atoms with Crippen molar-refractivity contribution in [2.45, 2.75) is 0 Å². The third kappa shape index (κ3) is 1.74. The Morgan fingerprint density at radius 2 is 2.07 bits per heavy atom. The molecule has 6 heteroatoms. The van der Waals surface area contributed by atoms with Crippen LogP contribution in [-0.2, 0) is 0 Å². The first-order chi connectivity index (χ1) is 7.22. The Balaban J connectivity index is 2.60. The quantitative estimate of drug-likeness (QED) is 0.445. The van der Waals surface area contributed by atoms with Gasteiger partial charge in [0.1, 0.15) is 5.56 Å². The summed E-state index contributed by atoms with van der Waals surface area (Å²) in [5.74, 6) is 3.43. The number of nitro benzene ring substituents is 1. The number of fused-ring (bicyclic) bond motifs is 1. The summed E-state index contributed by atoms with van der Waals surface area (Å²) in [5, 5.41) is 10.7. The van der Waals surface area contributed by atoms with Gasteiger partial charge in [0.05, 0.1) is 11.0 Å². The van der Waals surface area contributed by atoms with Gasteiger partial charge < -0.3 is 9.47 Å². The maximum absolute atomic E-state index is 10.7. The summed E-state index contributed by atoms with van der Waals surface area (Å²) in [6, 6.07) is 2.81. The first-order valence-electron chi connectivity index (χ1n) is 3.92. The largest absolute Gasteiger partial charge is 0.454 e. The van der Waals surface area contributed by atoms with Gasteiger partial charge >= 0.3 is 0 Å². The SMILES string of the molecule is O=[N+]([O-])c1cc2c(cc1C#CBr)OCO2. The average molecular weight is 270 g/mol. The molecule has 5 nitrogen and oxygen atoms in total. The van der Waals surface area contributed by atoms with Gasteiger partial charge in [-0.1, -0.05) is 0 Å². The van der Waals surface area contributed by atoms with E-state index in [1.165, 1.54) is 12.1 Å². The summed E-state index contributed by atoms with van der Waals surface area (Å²) in [7, 11) is 0. The molecule has 0 saturated heterocycles. The topological polar surface area (TPSA) is 61.6 Å². The van der Waals surface area contributed by atoms with Crippen LogP contribution in [0.3, 0.4) is 0 Å². The van der Waals surface area contributed by atoms with Crippen molar-refractivity contribution in [3.63, 3.8) is 0 Å². The molecule has 0 radical (unpaired) electrons. The van der Waals surface area contributed by atoms with Crippen molar-refractivity contribution in [3.05, 3.63) is 27.8 Å². The number of nitrogens with zero attached hydrogens (tertiary/aromatic N) is 1. The first kappa shape index (κ1) is 9.80. The third-order valence-corrected chi connectivity index (χ3v) is 2.07. The predicted molar refractivity (Wildman–Crippen MR) is 55.0 cm³/mol. The van der Waals surface area contributed by atoms with E-state index in [0.29, 0.717) is 17.1 Å². The summed E-state index contributed by atoms with van der Waals surface area (Å²) in [6.07, 6.45) is 0. The highest BCUT2D eigenvalue weighted by Gasteiger charge is 2.22. The molecular formula is C9H4BrNO4. The van der Waals surface area contributed by atoms with Crippen molar-refractivity contribution >= 4 is 21.6 Å². The van der Waals surface area contributed by atoms with Crippen LogP contribution >= 0.6 is 15.9 Å². The number of ether oxygens (including phenoxy) is 2. The van der Waals surface area contributed by atoms with Crippen LogP contribution in [0.1, 0.15) is 5.56 Å². The van der Waals surface area contributed by atoms with E-state index in [1.807, 2.05) is 0 Å². The Hall–Kier alpha value is -1.74. The van der Waals surface area contributed by atoms with Crippen LogP contribution in [0.2, 0.25) is 0 Å². The van der Waals surface area contributed by atoms with Gasteiger partial charge in [-0.05, 0) is 10.8 Å². The van der Waals surface area contributed by atoms with Crippen molar-refractivity contribution < 1.29 is 14.4 Å². The Bertz CT molecular complexity index is 489. The van der Waals surface area contributed by atoms with E-state index in [4.69, 9.17) is 9.47 Å². The van der Waals surface area contributed by atoms with Crippen molar-refractivity contribution in [2.24, 2.45) is 0 Å². The summed E-state index contributed by atoms with van der Waals surface area (Å²) in [5.41, 5.74) is 0.201. The Kier molecular flexibility index (Phi) is 2.47. The monoisotopic (exact) mass is 269 g/mol. The smallest absolute Gasteiger partial charge is 0.288 e. The number of hydrogen-bond acceptors (Lipinski definition) is 4. The highest BCUT2D eigenvalue weighted by molar-refractivity contribution is 9.12. The van der Waals surface area contributed by atoms with Crippen LogP contribution in [0.15, 0.2) is 12.1 Å². The lowest BCUT2D eigenvalue weighted by atomic mass is 10.1. The molecule has 2 rings (SSSR count). The zero-order valence-corrected chi connectivity index (χ0v) is 8.91. The van der Waals surface area contributed by atoms with E-state index in [2.05, 4.69) is 26.7 Å². The summed E-state index contributed by atoms with van der Waals surface area (Å²) in [6.45, 7) is 0.0810. The summed E-state index contributed by atoms with van der Waals surface area (Å²) >= 11 is 2.89. The summed E-state index contributed by atoms with van der Waals surface area (Å²) < 4.78 is 10.1. The second-order valence-electron chi connectivity index (χ2n) is 2.70. The molecule has 1 heterocycles. The Morgan fingerprint density at radius 3 is 2.67 bits per heavy atom. The van der Waals surface area contributed by atoms with Crippen molar-refractivity contribution in [2.75, 3.05) is 6.79 Å². The molecule has 0 unspecified atom stereocenters. The predicted octanol–water partition coefficient (Wildman–Crippen LogP) is 2.03. The first-order valence-corrected chi connectivity index (χ1v) is 4.71. The molecule has 1 aliphatic rings. The molecule has 0 fully saturated rings. The molecule has 1 aromatic carbocycles. The molecule has 0 bridgehead atoms. The van der Waals surface area contributed by atoms with Crippen LogP contribution in [-0.4, -0.2) is 11.7 Å². The van der Waals surface area contributed by atoms with E-state index >= 15 is 0 Å². The zero-order chi connectivity index (χ0) is 10.8. The molecule has 1 aliphatic heterocycles. The van der Waals surface area contributed by atoms with Crippen LogP contribution in [0, 0.1) is 20.9 Å². The van der Waals surface area contributed by atoms with Crippen molar-refractivity contribution in [3.8, 4) is 22.2 Å². The molecule has 0 N–H and O–H groups in total. The molecule has 76 valence electrons. The lowest BCUT2D eigenvalue weighted by Gasteiger charge is -1.98. The molecule has 15 heavy (non-hydrogen) atoms. The van der Waals surface area contributed by atoms with E-state index in [0.717, 1.165) is 0 Å². The van der Waals surface area contributed by atoms with E-state index < -0.39 is 4.92 Å². The van der Waals surface area contributed by atoms with Crippen LogP contribution in [0.4, 0.5) is 5.69 Å². The second-order valence-corrected chi connectivity index (χ2v) is 3.10. The van der Waals surface area contributed by atoms with Crippen molar-refractivity contribution in [1.29, 1.82) is 0 Å². The molecule has 0 spiro atoms. The normalized spacial score (nSPS) is 11.8. The molecule has 0 atom stereocenters. The van der Waals surface area contributed by atoms with Gasteiger partial charge in [-0.15, -0.1) is 0 Å². The fourth-order valence-electron chi connectivity index (χ4n) is 1.23. The highest BCUT2D eigenvalue weighted by atomic mass is 79.9. The minimum absolute atomic E-state index is 0.0810. The van der Waals surface area contributed by atoms with Crippen molar-refractivity contribution in [1.82, 2.24) is 0 Å². The van der Waals surface area contributed by atoms with Gasteiger partial charge in [-0.25, -0.2) is 0 Å². The van der Waals surface area contributed by atoms with Gasteiger partial charge in [0.25, 0.3) is 5.69 Å². The second kappa shape index (κ2) is 3.79. The molecular weight excluding hydrogens is 266 g/mol. The van der Waals surface area contributed by atoms with Gasteiger partial charge in [-0.3, -0.25) is 10.1 Å². The molecule has 0 aromatic heterocycles. The Morgan fingerprint density at radius 1 is 1.40 bits per heavy atom. The van der Waals surface area contributed by atoms with E-state index in [1.54, 1.807) is 0 Å². The minimum Gasteiger partial charge on any atom is -0.454 e. The molecule has 0 amide bonds. The number of rotatable bonds is 1. The zero-order valence-electron chi connectivity index (χ0n) is 7.32. The standard InChI is InChI=1S/C9H4BrNO4/c10-2-1-6-3-8-9(15-5-14-8)4-7(6)11(12)13/h3-4H,5H2. The van der Waals surface area contributed by atoms with Crippen LogP contribution in [0.5, 0.6) is 11.5 Å². The van der Waals surface area contributed by atoms with Crippen LogP contribution in [0.25, 0.3) is 0 Å². The fraction of sp³-hybridized carbons (Fsp3) is 0.111. The van der Waals surface area contributed by atoms with Gasteiger partial charge in [0.15, 0.2) is 11.5 Å². The fourth-order valence-corrected chi connectivity index (χ4v) is 1.45. The number of benzene rings is 1. The van der Waals surface area contributed by atoms with Gasteiger partial charge in [-0.2, -0.15) is 0 Å². The lowest BCUT2D eigenvalue weighted by Crippen LogP contribution is -1.93. The number of nitro groups is 1. The van der Waals surface area contributed by atoms with Gasteiger partial charge in [0, 0.05) is 22.0 Å². The number of halogens is 1. The highest BCUT2D eigenvalue weighted by Crippen LogP contribution is 2.37. The summed E-state index contributed by atoms with van der Waals surface area (Å²) in [4.78, 5) is 12.6. The molecule has 1 aromatic rings. The average Bonchev–Trinajstić information content (AvgIpc) is 2.63. The minimum atomic E-state index is -0.505. The molecule has 0 aliphatic carbocycles. The van der Waals surface area contributed by atoms with E-state index in [9.17, 15) is 10.1 Å². The Labute approximate surface area is 93.3 Å². The maximum atomic E-state index is 10.7. The van der Waals surface area contributed by atoms with Crippen LogP contribution < -0.4 is 9.47 Å². The van der Waals surface area contributed by atoms with E-state index in [-0.39, 0.29) is 12.5 Å². The third-order valence-electron chi connectivity index (χ3n) is 1.87. The maximum Gasteiger partial charge on any atom is 0.288 e. The molecule has 0 saturated carbocycles. The lowest BCUT2D eigenvalue weighted by molar-refractivity contribution is -0.385. The number of hydrogen-bond donors (Lipinski definition) is 0.